The molecule has 0 aliphatic carbocycles. The van der Waals surface area contributed by atoms with E-state index in [1.54, 1.807) is 16.9 Å². The Kier molecular flexibility index (Phi) is 4.54. The summed E-state index contributed by atoms with van der Waals surface area (Å²) in [6, 6.07) is 16.8. The average Bonchev–Trinajstić information content (AvgIpc) is 3.16. The molecule has 138 valence electrons. The molecular weight excluding hydrogens is 342 g/mol. The van der Waals surface area contributed by atoms with Crippen LogP contribution in [0.15, 0.2) is 54.6 Å². The van der Waals surface area contributed by atoms with Gasteiger partial charge in [0.1, 0.15) is 11.4 Å². The zero-order chi connectivity index (χ0) is 18.8. The Morgan fingerprint density at radius 1 is 0.889 bits per heavy atom. The summed E-state index contributed by atoms with van der Waals surface area (Å²) in [4.78, 5) is 32.1. The number of methoxy groups -OCH3 is 1. The van der Waals surface area contributed by atoms with Crippen LogP contribution < -0.4 is 4.74 Å². The summed E-state index contributed by atoms with van der Waals surface area (Å²) in [6.45, 7) is 2.12. The summed E-state index contributed by atoms with van der Waals surface area (Å²) >= 11 is 0. The van der Waals surface area contributed by atoms with E-state index < -0.39 is 0 Å². The highest BCUT2D eigenvalue weighted by Gasteiger charge is 2.26. The maximum absolute atomic E-state index is 12.8. The Morgan fingerprint density at radius 3 is 2.22 bits per heavy atom. The van der Waals surface area contributed by atoms with Gasteiger partial charge in [-0.25, -0.2) is 0 Å². The second-order valence-electron chi connectivity index (χ2n) is 6.59. The summed E-state index contributed by atoms with van der Waals surface area (Å²) in [5.74, 6) is 0.728. The van der Waals surface area contributed by atoms with Crippen LogP contribution in [0, 0.1) is 0 Å². The number of nitrogens with one attached hydrogen (secondary N) is 1. The van der Waals surface area contributed by atoms with Gasteiger partial charge in [0.25, 0.3) is 11.8 Å². The smallest absolute Gasteiger partial charge is 0.270 e. The minimum atomic E-state index is -0.0445. The van der Waals surface area contributed by atoms with Crippen LogP contribution in [0.3, 0.4) is 0 Å². The molecule has 6 nitrogen and oxygen atoms in total. The number of H-pyrrole nitrogens is 1. The predicted molar refractivity (Wildman–Crippen MR) is 103 cm³/mol. The molecule has 2 heterocycles. The van der Waals surface area contributed by atoms with Gasteiger partial charge in [-0.15, -0.1) is 0 Å². The molecule has 0 spiro atoms. The zero-order valence-corrected chi connectivity index (χ0v) is 15.1. The molecule has 3 aromatic rings. The number of hydrogen-bond acceptors (Lipinski definition) is 3. The van der Waals surface area contributed by atoms with E-state index in [0.717, 1.165) is 16.7 Å². The van der Waals surface area contributed by atoms with Gasteiger partial charge in [-0.3, -0.25) is 9.59 Å². The van der Waals surface area contributed by atoms with Crippen LogP contribution in [0.5, 0.6) is 5.75 Å². The van der Waals surface area contributed by atoms with E-state index in [9.17, 15) is 9.59 Å². The number of aromatic nitrogens is 1. The van der Waals surface area contributed by atoms with E-state index in [1.807, 2.05) is 54.6 Å². The van der Waals surface area contributed by atoms with Gasteiger partial charge < -0.3 is 19.5 Å². The normalized spacial score (nSPS) is 14.4. The van der Waals surface area contributed by atoms with Gasteiger partial charge in [0.05, 0.1) is 7.11 Å². The molecule has 0 saturated carbocycles. The van der Waals surface area contributed by atoms with Crippen LogP contribution in [0.4, 0.5) is 0 Å². The molecule has 6 heteroatoms. The summed E-state index contributed by atoms with van der Waals surface area (Å²) in [5, 5.41) is 0.940. The van der Waals surface area contributed by atoms with Crippen molar-refractivity contribution in [2.24, 2.45) is 0 Å². The summed E-state index contributed by atoms with van der Waals surface area (Å²) in [7, 11) is 1.62. The van der Waals surface area contributed by atoms with Crippen LogP contribution in [-0.4, -0.2) is 59.9 Å². The van der Waals surface area contributed by atoms with Crippen molar-refractivity contribution in [2.45, 2.75) is 0 Å². The van der Waals surface area contributed by atoms with Crippen molar-refractivity contribution in [1.29, 1.82) is 0 Å². The molecule has 4 rings (SSSR count). The first kappa shape index (κ1) is 17.1. The summed E-state index contributed by atoms with van der Waals surface area (Å²) in [6.07, 6.45) is 0. The first-order valence-corrected chi connectivity index (χ1v) is 8.96. The first-order valence-electron chi connectivity index (χ1n) is 8.96. The van der Waals surface area contributed by atoms with E-state index in [-0.39, 0.29) is 11.8 Å². The molecule has 1 fully saturated rings. The molecule has 2 aromatic carbocycles. The van der Waals surface area contributed by atoms with Gasteiger partial charge in [0.2, 0.25) is 0 Å². The standard InChI is InChI=1S/C21H21N3O3/c1-27-17-7-8-18-16(13-17)14-19(22-18)21(26)24-11-9-23(10-12-24)20(25)15-5-3-2-4-6-15/h2-8,13-14,22H,9-12H2,1H3. The topological polar surface area (TPSA) is 65.6 Å². The highest BCUT2D eigenvalue weighted by atomic mass is 16.5. The highest BCUT2D eigenvalue weighted by Crippen LogP contribution is 2.22. The fourth-order valence-electron chi connectivity index (χ4n) is 3.40. The molecule has 0 atom stereocenters. The molecular formula is C21H21N3O3. The van der Waals surface area contributed by atoms with E-state index >= 15 is 0 Å². The minimum absolute atomic E-state index is 0.0143. The van der Waals surface area contributed by atoms with Gasteiger partial charge in [0.15, 0.2) is 0 Å². The Hall–Kier alpha value is -3.28. The predicted octanol–water partition coefficient (Wildman–Crippen LogP) is 2.77. The number of fused-ring (bicyclic) bond motifs is 1. The average molecular weight is 363 g/mol. The Bertz CT molecular complexity index is 973. The molecule has 0 unspecified atom stereocenters. The lowest BCUT2D eigenvalue weighted by Gasteiger charge is -2.34. The van der Waals surface area contributed by atoms with Crippen LogP contribution in [0.25, 0.3) is 10.9 Å². The lowest BCUT2D eigenvalue weighted by Crippen LogP contribution is -2.50. The van der Waals surface area contributed by atoms with Crippen molar-refractivity contribution in [1.82, 2.24) is 14.8 Å². The van der Waals surface area contributed by atoms with E-state index in [1.165, 1.54) is 0 Å². The summed E-state index contributed by atoms with van der Waals surface area (Å²) < 4.78 is 5.23. The maximum atomic E-state index is 12.8. The molecule has 0 radical (unpaired) electrons. The first-order chi connectivity index (χ1) is 13.2. The Morgan fingerprint density at radius 2 is 1.56 bits per heavy atom. The van der Waals surface area contributed by atoms with Gasteiger partial charge >= 0.3 is 0 Å². The SMILES string of the molecule is COc1ccc2[nH]c(C(=O)N3CCN(C(=O)c4ccccc4)CC3)cc2c1. The number of hydrogen-bond donors (Lipinski definition) is 1. The maximum Gasteiger partial charge on any atom is 0.270 e. The number of nitrogens with zero attached hydrogens (tertiary/aromatic N) is 2. The number of carbonyl (C=O) groups excluding carboxylic acids is 2. The third-order valence-electron chi connectivity index (χ3n) is 4.93. The third-order valence-corrected chi connectivity index (χ3v) is 4.93. The molecule has 1 aromatic heterocycles. The number of amides is 2. The number of benzene rings is 2. The number of rotatable bonds is 3. The van der Waals surface area contributed by atoms with Gasteiger partial charge in [-0.05, 0) is 36.4 Å². The molecule has 1 aliphatic rings. The van der Waals surface area contributed by atoms with E-state index in [4.69, 9.17) is 4.74 Å². The van der Waals surface area contributed by atoms with Crippen molar-refractivity contribution < 1.29 is 14.3 Å². The fraction of sp³-hybridized carbons (Fsp3) is 0.238. The van der Waals surface area contributed by atoms with Crippen LogP contribution in [0.1, 0.15) is 20.8 Å². The molecule has 1 saturated heterocycles. The van der Waals surface area contributed by atoms with Crippen LogP contribution in [0.2, 0.25) is 0 Å². The van der Waals surface area contributed by atoms with Crippen molar-refractivity contribution >= 4 is 22.7 Å². The monoisotopic (exact) mass is 363 g/mol. The molecule has 1 aliphatic heterocycles. The minimum Gasteiger partial charge on any atom is -0.497 e. The quantitative estimate of drug-likeness (QED) is 0.778. The molecule has 2 amide bonds. The van der Waals surface area contributed by atoms with Crippen molar-refractivity contribution in [3.63, 3.8) is 0 Å². The van der Waals surface area contributed by atoms with Crippen LogP contribution in [-0.2, 0) is 0 Å². The number of ether oxygens (including phenoxy) is 1. The lowest BCUT2D eigenvalue weighted by molar-refractivity contribution is 0.0533. The van der Waals surface area contributed by atoms with E-state index in [0.29, 0.717) is 37.4 Å². The summed E-state index contributed by atoms with van der Waals surface area (Å²) in [5.41, 5.74) is 2.14. The second kappa shape index (κ2) is 7.15. The zero-order valence-electron chi connectivity index (χ0n) is 15.1. The van der Waals surface area contributed by atoms with Crippen molar-refractivity contribution in [3.8, 4) is 5.75 Å². The Balaban J connectivity index is 1.43. The highest BCUT2D eigenvalue weighted by molar-refractivity contribution is 5.98. The van der Waals surface area contributed by atoms with Crippen molar-refractivity contribution in [2.75, 3.05) is 33.3 Å². The van der Waals surface area contributed by atoms with E-state index in [2.05, 4.69) is 4.98 Å². The lowest BCUT2D eigenvalue weighted by atomic mass is 10.2. The Labute approximate surface area is 157 Å². The fourth-order valence-corrected chi connectivity index (χ4v) is 3.40. The molecule has 27 heavy (non-hydrogen) atoms. The number of aromatic amines is 1. The van der Waals surface area contributed by atoms with Crippen molar-refractivity contribution in [3.05, 3.63) is 65.9 Å². The third kappa shape index (κ3) is 3.38. The largest absolute Gasteiger partial charge is 0.497 e. The van der Waals surface area contributed by atoms with Crippen LogP contribution >= 0.6 is 0 Å². The number of piperazine rings is 1. The number of carbonyl (C=O) groups is 2. The second-order valence-corrected chi connectivity index (χ2v) is 6.59. The molecule has 1 N–H and O–H groups in total. The van der Waals surface area contributed by atoms with Gasteiger partial charge in [-0.1, -0.05) is 18.2 Å². The van der Waals surface area contributed by atoms with Gasteiger partial charge in [0, 0.05) is 42.6 Å². The molecule has 0 bridgehead atoms. The van der Waals surface area contributed by atoms with Gasteiger partial charge in [-0.2, -0.15) is 0 Å².